The zero-order valence-corrected chi connectivity index (χ0v) is 12.6. The molecule has 5 nitrogen and oxygen atoms in total. The average molecular weight is 318 g/mol. The first-order valence-corrected chi connectivity index (χ1v) is 7.86. The number of carbonyl (C=O) groups is 1. The number of halogens is 1. The molecule has 2 aromatic rings. The van der Waals surface area contributed by atoms with Gasteiger partial charge >= 0.3 is 0 Å². The van der Waals surface area contributed by atoms with Crippen LogP contribution in [-0.4, -0.2) is 29.0 Å². The molecule has 0 aliphatic carbocycles. The summed E-state index contributed by atoms with van der Waals surface area (Å²) >= 11 is 5.87. The molecule has 2 aromatic heterocycles. The van der Waals surface area contributed by atoms with Gasteiger partial charge in [0.1, 0.15) is 10.8 Å². The lowest BCUT2D eigenvalue weighted by molar-refractivity contribution is 0.0903. The standard InChI is InChI=1S/C16H16ClN3O2/c17-15-3-1-2-11(19-15)13-6-7-14(22-13)16(21)20-12-8-9-4-5-10(12)18-9/h1-3,6-7,9-10,12,18H,4-5,8H2,(H,20,21)/t9-,10+,12-/m1/s1. The van der Waals surface area contributed by atoms with Gasteiger partial charge in [0.25, 0.3) is 5.91 Å². The molecular formula is C16H16ClN3O2. The first-order valence-electron chi connectivity index (χ1n) is 7.49. The van der Waals surface area contributed by atoms with Crippen molar-refractivity contribution >= 4 is 17.5 Å². The van der Waals surface area contributed by atoms with Crippen molar-refractivity contribution in [1.29, 1.82) is 0 Å². The maximum absolute atomic E-state index is 12.3. The first kappa shape index (κ1) is 13.8. The minimum absolute atomic E-state index is 0.173. The third-order valence-electron chi connectivity index (χ3n) is 4.41. The number of rotatable bonds is 3. The average Bonchev–Trinajstić information content (AvgIpc) is 3.23. The highest BCUT2D eigenvalue weighted by Gasteiger charge is 2.39. The van der Waals surface area contributed by atoms with Crippen LogP contribution in [0, 0.1) is 0 Å². The molecule has 2 saturated heterocycles. The van der Waals surface area contributed by atoms with Crippen molar-refractivity contribution < 1.29 is 9.21 Å². The summed E-state index contributed by atoms with van der Waals surface area (Å²) < 4.78 is 5.62. The van der Waals surface area contributed by atoms with Crippen molar-refractivity contribution in [2.45, 2.75) is 37.4 Å². The number of carbonyl (C=O) groups excluding carboxylic acids is 1. The van der Waals surface area contributed by atoms with Crippen molar-refractivity contribution in [3.63, 3.8) is 0 Å². The van der Waals surface area contributed by atoms with E-state index in [4.69, 9.17) is 16.0 Å². The van der Waals surface area contributed by atoms with E-state index < -0.39 is 0 Å². The van der Waals surface area contributed by atoms with Crippen molar-refractivity contribution in [2.75, 3.05) is 0 Å². The number of hydrogen-bond donors (Lipinski definition) is 2. The van der Waals surface area contributed by atoms with Crippen molar-refractivity contribution in [3.05, 3.63) is 41.2 Å². The van der Waals surface area contributed by atoms with Crippen molar-refractivity contribution in [3.8, 4) is 11.5 Å². The van der Waals surface area contributed by atoms with E-state index in [1.807, 2.05) is 0 Å². The molecule has 0 unspecified atom stereocenters. The lowest BCUT2D eigenvalue weighted by atomic mass is 9.95. The Morgan fingerprint density at radius 1 is 1.32 bits per heavy atom. The van der Waals surface area contributed by atoms with Crippen LogP contribution >= 0.6 is 11.6 Å². The number of aromatic nitrogens is 1. The van der Waals surface area contributed by atoms with Gasteiger partial charge in [0.15, 0.2) is 11.5 Å². The van der Waals surface area contributed by atoms with Crippen LogP contribution in [0.2, 0.25) is 5.15 Å². The predicted octanol–water partition coefficient (Wildman–Crippen LogP) is 2.62. The summed E-state index contributed by atoms with van der Waals surface area (Å²) in [4.78, 5) is 16.5. The molecular weight excluding hydrogens is 302 g/mol. The van der Waals surface area contributed by atoms with Gasteiger partial charge in [-0.15, -0.1) is 0 Å². The zero-order valence-electron chi connectivity index (χ0n) is 11.9. The molecule has 4 rings (SSSR count). The van der Waals surface area contributed by atoms with Gasteiger partial charge in [-0.2, -0.15) is 0 Å². The second kappa shape index (κ2) is 5.41. The van der Waals surface area contributed by atoms with E-state index in [0.717, 1.165) is 12.8 Å². The molecule has 22 heavy (non-hydrogen) atoms. The molecule has 4 heterocycles. The van der Waals surface area contributed by atoms with Crippen LogP contribution < -0.4 is 10.6 Å². The number of pyridine rings is 1. The normalized spacial score (nSPS) is 26.3. The van der Waals surface area contributed by atoms with Crippen LogP contribution in [0.5, 0.6) is 0 Å². The molecule has 1 amide bonds. The van der Waals surface area contributed by atoms with Crippen LogP contribution in [-0.2, 0) is 0 Å². The van der Waals surface area contributed by atoms with E-state index in [9.17, 15) is 4.79 Å². The van der Waals surface area contributed by atoms with Crippen LogP contribution in [0.1, 0.15) is 29.8 Å². The Labute approximate surface area is 133 Å². The minimum Gasteiger partial charge on any atom is -0.449 e. The summed E-state index contributed by atoms with van der Waals surface area (Å²) in [7, 11) is 0. The second-order valence-electron chi connectivity index (χ2n) is 5.87. The number of hydrogen-bond acceptors (Lipinski definition) is 4. The Morgan fingerprint density at radius 3 is 2.95 bits per heavy atom. The summed E-state index contributed by atoms with van der Waals surface area (Å²) in [5.41, 5.74) is 0.619. The molecule has 3 atom stereocenters. The molecule has 0 saturated carbocycles. The van der Waals surface area contributed by atoms with E-state index in [-0.39, 0.29) is 11.9 Å². The Balaban J connectivity index is 1.48. The van der Waals surface area contributed by atoms with E-state index in [1.165, 1.54) is 6.42 Å². The van der Waals surface area contributed by atoms with Gasteiger partial charge in [-0.25, -0.2) is 4.98 Å². The smallest absolute Gasteiger partial charge is 0.287 e. The Hall–Kier alpha value is -1.85. The SMILES string of the molecule is O=C(N[C@@H]1C[C@H]2CC[C@@H]1N2)c1ccc(-c2cccc(Cl)n2)o1. The Morgan fingerprint density at radius 2 is 2.23 bits per heavy atom. The zero-order chi connectivity index (χ0) is 15.1. The summed E-state index contributed by atoms with van der Waals surface area (Å²) in [6.07, 6.45) is 3.34. The molecule has 2 bridgehead atoms. The maximum Gasteiger partial charge on any atom is 0.287 e. The fourth-order valence-corrected chi connectivity index (χ4v) is 3.53. The van der Waals surface area contributed by atoms with Gasteiger partial charge in [-0.05, 0) is 43.5 Å². The van der Waals surface area contributed by atoms with Gasteiger partial charge in [0, 0.05) is 18.1 Å². The first-order chi connectivity index (χ1) is 10.7. The summed E-state index contributed by atoms with van der Waals surface area (Å²) in [5.74, 6) is 0.672. The number of furan rings is 1. The van der Waals surface area contributed by atoms with Gasteiger partial charge in [-0.1, -0.05) is 17.7 Å². The largest absolute Gasteiger partial charge is 0.449 e. The highest BCUT2D eigenvalue weighted by molar-refractivity contribution is 6.29. The summed E-state index contributed by atoms with van der Waals surface area (Å²) in [5, 5.41) is 6.96. The second-order valence-corrected chi connectivity index (χ2v) is 6.26. The monoisotopic (exact) mass is 317 g/mol. The highest BCUT2D eigenvalue weighted by atomic mass is 35.5. The number of fused-ring (bicyclic) bond motifs is 2. The van der Waals surface area contributed by atoms with E-state index in [1.54, 1.807) is 30.3 Å². The lowest BCUT2D eigenvalue weighted by Gasteiger charge is -2.20. The van der Waals surface area contributed by atoms with Gasteiger partial charge in [0.2, 0.25) is 0 Å². The number of amides is 1. The van der Waals surface area contributed by atoms with Crippen LogP contribution in [0.15, 0.2) is 34.7 Å². The number of nitrogens with one attached hydrogen (secondary N) is 2. The fraction of sp³-hybridized carbons (Fsp3) is 0.375. The predicted molar refractivity (Wildman–Crippen MR) is 82.8 cm³/mol. The van der Waals surface area contributed by atoms with Crippen molar-refractivity contribution in [2.24, 2.45) is 0 Å². The Kier molecular flexibility index (Phi) is 3.39. The molecule has 6 heteroatoms. The fourth-order valence-electron chi connectivity index (χ4n) is 3.37. The molecule has 114 valence electrons. The molecule has 0 aromatic carbocycles. The van der Waals surface area contributed by atoms with Gasteiger partial charge < -0.3 is 15.1 Å². The van der Waals surface area contributed by atoms with Gasteiger partial charge in [0.05, 0.1) is 0 Å². The topological polar surface area (TPSA) is 67.2 Å². The highest BCUT2D eigenvalue weighted by Crippen LogP contribution is 2.28. The molecule has 2 aliphatic heterocycles. The minimum atomic E-state index is -0.173. The summed E-state index contributed by atoms with van der Waals surface area (Å²) in [6.45, 7) is 0. The lowest BCUT2D eigenvalue weighted by Crippen LogP contribution is -2.42. The van der Waals surface area contributed by atoms with Crippen LogP contribution in [0.25, 0.3) is 11.5 Å². The summed E-state index contributed by atoms with van der Waals surface area (Å²) in [6, 6.07) is 9.87. The number of nitrogens with zero attached hydrogens (tertiary/aromatic N) is 1. The maximum atomic E-state index is 12.3. The molecule has 0 radical (unpaired) electrons. The molecule has 2 aliphatic rings. The van der Waals surface area contributed by atoms with E-state index in [2.05, 4.69) is 15.6 Å². The quantitative estimate of drug-likeness (QED) is 0.854. The van der Waals surface area contributed by atoms with E-state index in [0.29, 0.717) is 34.5 Å². The third-order valence-corrected chi connectivity index (χ3v) is 4.62. The molecule has 2 N–H and O–H groups in total. The van der Waals surface area contributed by atoms with E-state index >= 15 is 0 Å². The Bertz CT molecular complexity index is 715. The van der Waals surface area contributed by atoms with Gasteiger partial charge in [-0.3, -0.25) is 4.79 Å². The molecule has 0 spiro atoms. The van der Waals surface area contributed by atoms with Crippen molar-refractivity contribution in [1.82, 2.24) is 15.6 Å². The molecule has 2 fully saturated rings. The van der Waals surface area contributed by atoms with Crippen LogP contribution in [0.3, 0.4) is 0 Å². The van der Waals surface area contributed by atoms with Crippen LogP contribution in [0.4, 0.5) is 0 Å². The third kappa shape index (κ3) is 2.51.